The van der Waals surface area contributed by atoms with Gasteiger partial charge in [0, 0.05) is 48.7 Å². The van der Waals surface area contributed by atoms with E-state index in [0.29, 0.717) is 36.8 Å². The zero-order chi connectivity index (χ0) is 21.4. The normalized spacial score (nSPS) is 16.5. The van der Waals surface area contributed by atoms with Crippen LogP contribution < -0.4 is 9.80 Å². The lowest BCUT2D eigenvalue weighted by atomic mass is 10.2. The number of anilines is 2. The number of aromatic amines is 1. The van der Waals surface area contributed by atoms with Gasteiger partial charge < -0.3 is 14.8 Å². The number of nitrogens with zero attached hydrogens (tertiary/aromatic N) is 6. The predicted octanol–water partition coefficient (Wildman–Crippen LogP) is 3.61. The molecule has 9 heteroatoms. The fraction of sp³-hybridized carbons (Fsp3) is 0.182. The lowest BCUT2D eigenvalue weighted by molar-refractivity contribution is 0.608. The Bertz CT molecular complexity index is 1300. The molecule has 1 saturated heterocycles. The van der Waals surface area contributed by atoms with Crippen molar-refractivity contribution in [1.82, 2.24) is 19.9 Å². The van der Waals surface area contributed by atoms with Crippen LogP contribution in [0.15, 0.2) is 55.0 Å². The summed E-state index contributed by atoms with van der Waals surface area (Å²) in [4.78, 5) is 20.6. The second kappa shape index (κ2) is 7.89. The fourth-order valence-corrected chi connectivity index (χ4v) is 4.25. The number of halogens is 1. The minimum Gasteiger partial charge on any atom is -0.356 e. The van der Waals surface area contributed by atoms with Gasteiger partial charge in [-0.2, -0.15) is 17.9 Å². The van der Waals surface area contributed by atoms with Gasteiger partial charge in [0.25, 0.3) is 0 Å². The third-order valence-corrected chi connectivity index (χ3v) is 5.78. The van der Waals surface area contributed by atoms with Gasteiger partial charge in [-0.05, 0) is 30.3 Å². The van der Waals surface area contributed by atoms with E-state index in [4.69, 9.17) is 17.6 Å². The van der Waals surface area contributed by atoms with E-state index in [9.17, 15) is 9.65 Å². The highest BCUT2D eigenvalue weighted by Crippen LogP contribution is 2.28. The molecule has 5 rings (SSSR count). The molecule has 0 saturated carbocycles. The number of H-pyrrole nitrogens is 1. The summed E-state index contributed by atoms with van der Waals surface area (Å²) in [7, 11) is 0. The molecule has 1 aliphatic rings. The van der Waals surface area contributed by atoms with Crippen LogP contribution >= 0.6 is 12.6 Å². The smallest absolute Gasteiger partial charge is 0.163 e. The highest BCUT2D eigenvalue weighted by Gasteiger charge is 2.27. The lowest BCUT2D eigenvalue weighted by Gasteiger charge is -2.41. The second-order valence-electron chi connectivity index (χ2n) is 7.28. The quantitative estimate of drug-likeness (QED) is 0.482. The number of fused-ring (bicyclic) bond motifs is 1. The van der Waals surface area contributed by atoms with E-state index in [1.165, 1.54) is 12.1 Å². The van der Waals surface area contributed by atoms with Crippen molar-refractivity contribution in [1.29, 1.82) is 5.26 Å². The van der Waals surface area contributed by atoms with Crippen LogP contribution in [0.3, 0.4) is 0 Å². The standard InChI is InChI=1S/C22H18FN7S/c23-17-2-1-3-18(9-17)30-7-6-29(13-19(30)31)22-16(10-24)12-27-21(28-22)15-8-14-4-5-25-20(14)26-11-15/h1-5,8-9,11-12,19,31H,6-7,13H2,(H,25,26). The summed E-state index contributed by atoms with van der Waals surface area (Å²) in [5.74, 6) is 0.799. The molecule has 1 aromatic carbocycles. The maximum atomic E-state index is 13.6. The fourth-order valence-electron chi connectivity index (χ4n) is 3.81. The van der Waals surface area contributed by atoms with Gasteiger partial charge in [0.15, 0.2) is 11.6 Å². The predicted molar refractivity (Wildman–Crippen MR) is 121 cm³/mol. The van der Waals surface area contributed by atoms with E-state index in [2.05, 4.69) is 21.0 Å². The molecule has 1 fully saturated rings. The number of rotatable bonds is 3. The molecule has 1 N–H and O–H groups in total. The molecule has 154 valence electrons. The molecule has 3 aromatic heterocycles. The van der Waals surface area contributed by atoms with Gasteiger partial charge in [0.1, 0.15) is 23.1 Å². The zero-order valence-electron chi connectivity index (χ0n) is 16.4. The third kappa shape index (κ3) is 3.66. The first kappa shape index (κ1) is 19.3. The van der Waals surface area contributed by atoms with E-state index in [0.717, 1.165) is 22.3 Å². The SMILES string of the molecule is N#Cc1cnc(-c2cnc3[nH]ccc3c2)nc1N1CCN(c2cccc(F)c2)C(S)C1. The molecule has 0 bridgehead atoms. The van der Waals surface area contributed by atoms with Crippen molar-refractivity contribution in [3.8, 4) is 17.5 Å². The van der Waals surface area contributed by atoms with Crippen LogP contribution in [0.1, 0.15) is 5.56 Å². The van der Waals surface area contributed by atoms with Gasteiger partial charge in [-0.25, -0.2) is 19.3 Å². The Morgan fingerprint density at radius 2 is 2.06 bits per heavy atom. The van der Waals surface area contributed by atoms with E-state index < -0.39 is 0 Å². The van der Waals surface area contributed by atoms with Crippen molar-refractivity contribution in [2.24, 2.45) is 0 Å². The van der Waals surface area contributed by atoms with Crippen LogP contribution in [-0.2, 0) is 0 Å². The van der Waals surface area contributed by atoms with Crippen molar-refractivity contribution in [3.05, 3.63) is 66.4 Å². The minimum atomic E-state index is -0.277. The highest BCUT2D eigenvalue weighted by atomic mass is 32.1. The van der Waals surface area contributed by atoms with Crippen LogP contribution in [0.25, 0.3) is 22.4 Å². The molecule has 1 atom stereocenters. The molecule has 7 nitrogen and oxygen atoms in total. The zero-order valence-corrected chi connectivity index (χ0v) is 17.3. The van der Waals surface area contributed by atoms with Gasteiger partial charge in [0.05, 0.1) is 11.6 Å². The number of hydrogen-bond acceptors (Lipinski definition) is 7. The van der Waals surface area contributed by atoms with E-state index in [-0.39, 0.29) is 11.2 Å². The number of aromatic nitrogens is 4. The largest absolute Gasteiger partial charge is 0.356 e. The summed E-state index contributed by atoms with van der Waals surface area (Å²) in [6.07, 6.45) is 5.09. The van der Waals surface area contributed by atoms with Crippen molar-refractivity contribution in [2.45, 2.75) is 5.37 Å². The number of pyridine rings is 1. The average molecular weight is 432 g/mol. The number of benzene rings is 1. The molecule has 0 spiro atoms. The summed E-state index contributed by atoms with van der Waals surface area (Å²) in [5.41, 5.74) is 2.76. The van der Waals surface area contributed by atoms with Crippen molar-refractivity contribution in [2.75, 3.05) is 29.4 Å². The Hall–Kier alpha value is -3.64. The van der Waals surface area contributed by atoms with Gasteiger partial charge >= 0.3 is 0 Å². The molecule has 0 amide bonds. The number of piperazine rings is 1. The Morgan fingerprint density at radius 3 is 2.87 bits per heavy atom. The summed E-state index contributed by atoms with van der Waals surface area (Å²) in [6, 6.07) is 12.6. The Balaban J connectivity index is 1.44. The first-order valence-corrected chi connectivity index (χ1v) is 10.3. The first-order chi connectivity index (χ1) is 15.1. The van der Waals surface area contributed by atoms with Crippen molar-refractivity contribution in [3.63, 3.8) is 0 Å². The average Bonchev–Trinajstić information content (AvgIpc) is 3.26. The summed E-state index contributed by atoms with van der Waals surface area (Å²) < 4.78 is 13.6. The van der Waals surface area contributed by atoms with Gasteiger partial charge in [-0.15, -0.1) is 0 Å². The van der Waals surface area contributed by atoms with Gasteiger partial charge in [-0.1, -0.05) is 6.07 Å². The van der Waals surface area contributed by atoms with Crippen molar-refractivity contribution < 1.29 is 4.39 Å². The molecule has 31 heavy (non-hydrogen) atoms. The van der Waals surface area contributed by atoms with Crippen molar-refractivity contribution >= 4 is 35.2 Å². The monoisotopic (exact) mass is 431 g/mol. The molecule has 1 unspecified atom stereocenters. The molecule has 0 radical (unpaired) electrons. The van der Waals surface area contributed by atoms with E-state index in [1.54, 1.807) is 18.5 Å². The lowest BCUT2D eigenvalue weighted by Crippen LogP contribution is -2.51. The Morgan fingerprint density at radius 1 is 1.16 bits per heavy atom. The van der Waals surface area contributed by atoms with Crippen LogP contribution in [0, 0.1) is 17.1 Å². The Kier molecular flexibility index (Phi) is 4.92. The second-order valence-corrected chi connectivity index (χ2v) is 7.88. The van der Waals surface area contributed by atoms with Crippen LogP contribution in [0.4, 0.5) is 15.9 Å². The highest BCUT2D eigenvalue weighted by molar-refractivity contribution is 7.81. The summed E-state index contributed by atoms with van der Waals surface area (Å²) in [6.45, 7) is 1.77. The molecule has 1 aliphatic heterocycles. The third-order valence-electron chi connectivity index (χ3n) is 5.34. The number of nitriles is 1. The van der Waals surface area contributed by atoms with Crippen LogP contribution in [-0.4, -0.2) is 44.9 Å². The van der Waals surface area contributed by atoms with E-state index in [1.807, 2.05) is 34.2 Å². The summed E-state index contributed by atoms with van der Waals surface area (Å²) in [5, 5.41) is 10.4. The van der Waals surface area contributed by atoms with Gasteiger partial charge in [-0.3, -0.25) is 0 Å². The molecular weight excluding hydrogens is 413 g/mol. The number of hydrogen-bond donors (Lipinski definition) is 2. The maximum absolute atomic E-state index is 13.6. The minimum absolute atomic E-state index is 0.182. The van der Waals surface area contributed by atoms with Crippen LogP contribution in [0.5, 0.6) is 0 Å². The number of nitrogens with one attached hydrogen (secondary N) is 1. The van der Waals surface area contributed by atoms with E-state index >= 15 is 0 Å². The molecule has 0 aliphatic carbocycles. The van der Waals surface area contributed by atoms with Crippen LogP contribution in [0.2, 0.25) is 0 Å². The molecule has 4 heterocycles. The van der Waals surface area contributed by atoms with Gasteiger partial charge in [0.2, 0.25) is 0 Å². The molecule has 4 aromatic rings. The maximum Gasteiger partial charge on any atom is 0.163 e. The number of thiol groups is 1. The topological polar surface area (TPSA) is 84.7 Å². The summed E-state index contributed by atoms with van der Waals surface area (Å²) >= 11 is 4.73. The Labute approximate surface area is 183 Å². The molecular formula is C22H18FN7S. The first-order valence-electron chi connectivity index (χ1n) is 9.78.